The Morgan fingerprint density at radius 3 is 1.81 bits per heavy atom. The molecule has 0 rings (SSSR count). The van der Waals surface area contributed by atoms with Gasteiger partial charge in [-0.1, -0.05) is 27.7 Å². The molecule has 0 aromatic heterocycles. The maximum atomic E-state index is 13.0. The first-order valence-corrected chi connectivity index (χ1v) is 11.1. The Balaban J connectivity index is 5.50. The fourth-order valence-corrected chi connectivity index (χ4v) is 2.95. The predicted molar refractivity (Wildman–Crippen MR) is 120 cm³/mol. The number of carbonyl (C=O) groups is 4. The summed E-state index contributed by atoms with van der Waals surface area (Å²) in [5.74, 6) is -3.30. The summed E-state index contributed by atoms with van der Waals surface area (Å²) in [7, 11) is 0. The van der Waals surface area contributed by atoms with E-state index in [-0.39, 0.29) is 18.3 Å². The molecule has 5 unspecified atom stereocenters. The zero-order valence-electron chi connectivity index (χ0n) is 19.8. The van der Waals surface area contributed by atoms with Crippen molar-refractivity contribution in [2.75, 3.05) is 6.54 Å². The number of aliphatic carboxylic acids is 1. The minimum Gasteiger partial charge on any atom is -0.480 e. The first kappa shape index (κ1) is 29.8. The molecule has 0 aromatic rings. The van der Waals surface area contributed by atoms with E-state index in [1.807, 2.05) is 13.8 Å². The number of carboxylic acid groups (broad SMARTS) is 1. The smallest absolute Gasteiger partial charge is 0.328 e. The Labute approximate surface area is 190 Å². The van der Waals surface area contributed by atoms with E-state index in [2.05, 4.69) is 16.0 Å². The SMILES string of the molecule is CC(C)CC(NC(=O)C(CCCCN)NC(=O)C(N)C(C)C)C(=O)NC(C(=O)O)C(C)O. The van der Waals surface area contributed by atoms with Crippen molar-refractivity contribution in [3.63, 3.8) is 0 Å². The normalized spacial score (nSPS) is 16.1. The van der Waals surface area contributed by atoms with E-state index in [4.69, 9.17) is 11.5 Å². The zero-order chi connectivity index (χ0) is 25.0. The lowest BCUT2D eigenvalue weighted by molar-refractivity contribution is -0.145. The quantitative estimate of drug-likeness (QED) is 0.152. The van der Waals surface area contributed by atoms with Gasteiger partial charge in [-0.15, -0.1) is 0 Å². The highest BCUT2D eigenvalue weighted by molar-refractivity contribution is 5.94. The van der Waals surface area contributed by atoms with Crippen LogP contribution in [0.5, 0.6) is 0 Å². The third-order valence-corrected chi connectivity index (χ3v) is 4.99. The van der Waals surface area contributed by atoms with Crippen molar-refractivity contribution >= 4 is 23.7 Å². The van der Waals surface area contributed by atoms with Gasteiger partial charge >= 0.3 is 5.97 Å². The molecule has 0 aromatic carbocycles. The molecule has 11 nitrogen and oxygen atoms in total. The second-order valence-corrected chi connectivity index (χ2v) is 8.87. The van der Waals surface area contributed by atoms with Gasteiger partial charge < -0.3 is 37.6 Å². The van der Waals surface area contributed by atoms with Gasteiger partial charge in [0.05, 0.1) is 12.1 Å². The predicted octanol–water partition coefficient (Wildman–Crippen LogP) is -0.935. The largest absolute Gasteiger partial charge is 0.480 e. The van der Waals surface area contributed by atoms with Crippen LogP contribution in [0.3, 0.4) is 0 Å². The summed E-state index contributed by atoms with van der Waals surface area (Å²) in [5.41, 5.74) is 11.4. The summed E-state index contributed by atoms with van der Waals surface area (Å²) in [4.78, 5) is 49.4. The van der Waals surface area contributed by atoms with Crippen LogP contribution in [-0.4, -0.2) is 70.7 Å². The topological polar surface area (TPSA) is 197 Å². The summed E-state index contributed by atoms with van der Waals surface area (Å²) >= 11 is 0. The molecule has 0 aliphatic rings. The highest BCUT2D eigenvalue weighted by atomic mass is 16.4. The molecule has 9 N–H and O–H groups in total. The Hall–Kier alpha value is -2.24. The Kier molecular flexibility index (Phi) is 13.7. The molecule has 0 bridgehead atoms. The molecular formula is C21H41N5O6. The third-order valence-electron chi connectivity index (χ3n) is 4.99. The van der Waals surface area contributed by atoms with Gasteiger partial charge in [0, 0.05) is 0 Å². The Morgan fingerprint density at radius 2 is 1.38 bits per heavy atom. The summed E-state index contributed by atoms with van der Waals surface area (Å²) in [6.45, 7) is 8.95. The number of hydrogen-bond donors (Lipinski definition) is 7. The minimum absolute atomic E-state index is 0.000484. The number of rotatable bonds is 15. The number of nitrogens with one attached hydrogen (secondary N) is 3. The number of unbranched alkanes of at least 4 members (excludes halogenated alkanes) is 1. The van der Waals surface area contributed by atoms with Gasteiger partial charge in [0.25, 0.3) is 0 Å². The lowest BCUT2D eigenvalue weighted by Crippen LogP contribution is -2.58. The van der Waals surface area contributed by atoms with Gasteiger partial charge in [-0.25, -0.2) is 4.79 Å². The molecule has 0 fully saturated rings. The second-order valence-electron chi connectivity index (χ2n) is 8.87. The van der Waals surface area contributed by atoms with E-state index in [0.717, 1.165) is 0 Å². The number of aliphatic hydroxyl groups is 1. The van der Waals surface area contributed by atoms with Crippen LogP contribution >= 0.6 is 0 Å². The first-order valence-electron chi connectivity index (χ1n) is 11.1. The van der Waals surface area contributed by atoms with E-state index in [1.165, 1.54) is 6.92 Å². The molecule has 3 amide bonds. The number of nitrogens with two attached hydrogens (primary N) is 2. The molecule has 0 saturated heterocycles. The number of aliphatic hydroxyl groups excluding tert-OH is 1. The number of hydrogen-bond acceptors (Lipinski definition) is 7. The van der Waals surface area contributed by atoms with Gasteiger partial charge in [-0.05, 0) is 51.0 Å². The maximum Gasteiger partial charge on any atom is 0.328 e. The Bertz CT molecular complexity index is 626. The average Bonchev–Trinajstić information content (AvgIpc) is 2.68. The van der Waals surface area contributed by atoms with E-state index < -0.39 is 54.0 Å². The van der Waals surface area contributed by atoms with Crippen molar-refractivity contribution in [1.29, 1.82) is 0 Å². The van der Waals surface area contributed by atoms with Crippen LogP contribution in [0.4, 0.5) is 0 Å². The maximum absolute atomic E-state index is 13.0. The van der Waals surface area contributed by atoms with Gasteiger partial charge in [0.2, 0.25) is 17.7 Å². The number of amides is 3. The lowest BCUT2D eigenvalue weighted by atomic mass is 10.0. The van der Waals surface area contributed by atoms with Crippen LogP contribution in [0, 0.1) is 11.8 Å². The van der Waals surface area contributed by atoms with Gasteiger partial charge in [-0.3, -0.25) is 14.4 Å². The first-order chi connectivity index (χ1) is 14.8. The molecular weight excluding hydrogens is 418 g/mol. The van der Waals surface area contributed by atoms with E-state index >= 15 is 0 Å². The molecule has 32 heavy (non-hydrogen) atoms. The van der Waals surface area contributed by atoms with E-state index in [1.54, 1.807) is 13.8 Å². The van der Waals surface area contributed by atoms with Crippen LogP contribution in [0.25, 0.3) is 0 Å². The van der Waals surface area contributed by atoms with Crippen molar-refractivity contribution in [1.82, 2.24) is 16.0 Å². The number of carbonyl (C=O) groups excluding carboxylic acids is 3. The van der Waals surface area contributed by atoms with Crippen LogP contribution in [0.1, 0.15) is 60.3 Å². The lowest BCUT2D eigenvalue weighted by Gasteiger charge is -2.27. The fraction of sp³-hybridized carbons (Fsp3) is 0.810. The van der Waals surface area contributed by atoms with Gasteiger partial charge in [0.15, 0.2) is 6.04 Å². The van der Waals surface area contributed by atoms with E-state index in [9.17, 15) is 29.4 Å². The molecule has 0 heterocycles. The molecule has 186 valence electrons. The van der Waals surface area contributed by atoms with Crippen LogP contribution in [-0.2, 0) is 19.2 Å². The fourth-order valence-electron chi connectivity index (χ4n) is 2.95. The van der Waals surface area contributed by atoms with Gasteiger partial charge in [-0.2, -0.15) is 0 Å². The summed E-state index contributed by atoms with van der Waals surface area (Å²) in [6, 6.07) is -4.28. The average molecular weight is 460 g/mol. The van der Waals surface area contributed by atoms with Crippen LogP contribution in [0.2, 0.25) is 0 Å². The van der Waals surface area contributed by atoms with Crippen molar-refractivity contribution in [2.45, 2.75) is 90.6 Å². The van der Waals surface area contributed by atoms with Crippen molar-refractivity contribution in [3.8, 4) is 0 Å². The highest BCUT2D eigenvalue weighted by Crippen LogP contribution is 2.09. The zero-order valence-corrected chi connectivity index (χ0v) is 19.8. The van der Waals surface area contributed by atoms with Crippen LogP contribution in [0.15, 0.2) is 0 Å². The Morgan fingerprint density at radius 1 is 0.844 bits per heavy atom. The molecule has 5 atom stereocenters. The van der Waals surface area contributed by atoms with E-state index in [0.29, 0.717) is 25.8 Å². The molecule has 0 radical (unpaired) electrons. The second kappa shape index (κ2) is 14.8. The summed E-state index contributed by atoms with van der Waals surface area (Å²) in [5, 5.41) is 26.4. The minimum atomic E-state index is -1.52. The highest BCUT2D eigenvalue weighted by Gasteiger charge is 2.32. The monoisotopic (exact) mass is 459 g/mol. The molecule has 11 heteroatoms. The number of carboxylic acids is 1. The standard InChI is InChI=1S/C21H41N5O6/c1-11(2)10-15(19(29)26-17(13(5)27)21(31)32)25-18(28)14(8-6-7-9-22)24-20(30)16(23)12(3)4/h11-17,27H,6-10,22-23H2,1-5H3,(H,24,30)(H,25,28)(H,26,29)(H,31,32). The molecule has 0 aliphatic carbocycles. The summed E-state index contributed by atoms with van der Waals surface area (Å²) < 4.78 is 0. The van der Waals surface area contributed by atoms with Crippen LogP contribution < -0.4 is 27.4 Å². The summed E-state index contributed by atoms with van der Waals surface area (Å²) in [6.07, 6.45) is 0.448. The van der Waals surface area contributed by atoms with Gasteiger partial charge in [0.1, 0.15) is 12.1 Å². The van der Waals surface area contributed by atoms with Crippen molar-refractivity contribution in [3.05, 3.63) is 0 Å². The third kappa shape index (κ3) is 10.9. The molecule has 0 aliphatic heterocycles. The molecule has 0 saturated carbocycles. The van der Waals surface area contributed by atoms with Crippen molar-refractivity contribution < 1.29 is 29.4 Å². The molecule has 0 spiro atoms. The van der Waals surface area contributed by atoms with Crippen molar-refractivity contribution in [2.24, 2.45) is 23.3 Å².